The molecule has 3 aromatic rings. The van der Waals surface area contributed by atoms with Gasteiger partial charge in [0, 0.05) is 11.3 Å². The fraction of sp³-hybridized carbons (Fsp3) is 0.0417. The van der Waals surface area contributed by atoms with Crippen LogP contribution in [0.3, 0.4) is 0 Å². The van der Waals surface area contributed by atoms with Gasteiger partial charge in [-0.3, -0.25) is 4.79 Å². The highest BCUT2D eigenvalue weighted by molar-refractivity contribution is 6.09. The van der Waals surface area contributed by atoms with E-state index in [0.717, 1.165) is 5.56 Å². The van der Waals surface area contributed by atoms with Crippen molar-refractivity contribution >= 4 is 23.6 Å². The monoisotopic (exact) mass is 398 g/mol. The van der Waals surface area contributed by atoms with E-state index in [2.05, 4.69) is 5.32 Å². The number of nitrogens with zero attached hydrogens (tertiary/aromatic N) is 1. The summed E-state index contributed by atoms with van der Waals surface area (Å²) in [5.41, 5.74) is 2.12. The van der Waals surface area contributed by atoms with E-state index >= 15 is 0 Å². The summed E-state index contributed by atoms with van der Waals surface area (Å²) in [7, 11) is 0. The summed E-state index contributed by atoms with van der Waals surface area (Å²) in [6, 6.07) is 24.2. The van der Waals surface area contributed by atoms with Gasteiger partial charge in [-0.25, -0.2) is 4.79 Å². The summed E-state index contributed by atoms with van der Waals surface area (Å²) in [6.45, 7) is 0.211. The van der Waals surface area contributed by atoms with Gasteiger partial charge in [0.1, 0.15) is 24.0 Å². The molecule has 30 heavy (non-hydrogen) atoms. The average Bonchev–Trinajstić information content (AvgIpc) is 2.77. The van der Waals surface area contributed by atoms with E-state index in [1.165, 1.54) is 18.2 Å². The fourth-order valence-electron chi connectivity index (χ4n) is 2.66. The summed E-state index contributed by atoms with van der Waals surface area (Å²) in [5.74, 6) is -1.00. The van der Waals surface area contributed by atoms with Gasteiger partial charge in [-0.15, -0.1) is 0 Å². The zero-order valence-electron chi connectivity index (χ0n) is 15.9. The summed E-state index contributed by atoms with van der Waals surface area (Å²) >= 11 is 0. The fourth-order valence-corrected chi connectivity index (χ4v) is 2.66. The molecule has 3 rings (SSSR count). The Morgan fingerprint density at radius 1 is 0.967 bits per heavy atom. The molecule has 0 saturated carbocycles. The van der Waals surface area contributed by atoms with Crippen molar-refractivity contribution in [1.29, 1.82) is 5.26 Å². The van der Waals surface area contributed by atoms with Crippen LogP contribution in [0.15, 0.2) is 84.4 Å². The Balaban J connectivity index is 1.75. The number of anilines is 1. The van der Waals surface area contributed by atoms with Gasteiger partial charge >= 0.3 is 5.97 Å². The summed E-state index contributed by atoms with van der Waals surface area (Å²) < 4.78 is 5.83. The average molecular weight is 398 g/mol. The molecule has 148 valence electrons. The highest BCUT2D eigenvalue weighted by Gasteiger charge is 2.11. The number of carbonyl (C=O) groups is 2. The zero-order valence-corrected chi connectivity index (χ0v) is 15.9. The molecule has 0 aromatic heterocycles. The molecule has 0 unspecified atom stereocenters. The maximum Gasteiger partial charge on any atom is 0.335 e. The molecule has 0 heterocycles. The first-order valence-corrected chi connectivity index (χ1v) is 9.09. The lowest BCUT2D eigenvalue weighted by molar-refractivity contribution is -0.112. The molecular weight excluding hydrogens is 380 g/mol. The maximum absolute atomic E-state index is 12.4. The van der Waals surface area contributed by atoms with Crippen LogP contribution in [-0.2, 0) is 11.4 Å². The van der Waals surface area contributed by atoms with Gasteiger partial charge in [-0.1, -0.05) is 48.5 Å². The Hall–Kier alpha value is -4.37. The Kier molecular flexibility index (Phi) is 6.59. The van der Waals surface area contributed by atoms with Crippen molar-refractivity contribution in [3.05, 3.63) is 101 Å². The van der Waals surface area contributed by atoms with Crippen LogP contribution in [0.1, 0.15) is 21.5 Å². The van der Waals surface area contributed by atoms with Gasteiger partial charge in [0.25, 0.3) is 5.91 Å². The molecule has 0 aliphatic rings. The second kappa shape index (κ2) is 9.71. The lowest BCUT2D eigenvalue weighted by atomic mass is 10.1. The Bertz CT molecular complexity index is 1110. The zero-order chi connectivity index (χ0) is 21.3. The van der Waals surface area contributed by atoms with Gasteiger partial charge in [-0.2, -0.15) is 5.26 Å². The van der Waals surface area contributed by atoms with Crippen molar-refractivity contribution in [1.82, 2.24) is 0 Å². The van der Waals surface area contributed by atoms with Gasteiger partial charge in [0.2, 0.25) is 0 Å². The number of hydrogen-bond acceptors (Lipinski definition) is 4. The van der Waals surface area contributed by atoms with E-state index in [4.69, 9.17) is 9.84 Å². The molecule has 0 bridgehead atoms. The molecule has 0 atom stereocenters. The van der Waals surface area contributed by atoms with Crippen molar-refractivity contribution in [3.8, 4) is 11.8 Å². The van der Waals surface area contributed by atoms with Crippen LogP contribution in [0.5, 0.6) is 5.75 Å². The first-order valence-electron chi connectivity index (χ1n) is 9.09. The largest absolute Gasteiger partial charge is 0.488 e. The first kappa shape index (κ1) is 20.4. The number of hydrogen-bond donors (Lipinski definition) is 2. The predicted octanol–water partition coefficient (Wildman–Crippen LogP) is 4.51. The number of nitrogens with one attached hydrogen (secondary N) is 1. The predicted molar refractivity (Wildman–Crippen MR) is 113 cm³/mol. The number of carboxylic acid groups (broad SMARTS) is 1. The molecular formula is C24H18N2O4. The van der Waals surface area contributed by atoms with Gasteiger partial charge < -0.3 is 15.2 Å². The molecule has 0 aliphatic carbocycles. The quantitative estimate of drug-likeness (QED) is 0.451. The third-order valence-electron chi connectivity index (χ3n) is 4.21. The van der Waals surface area contributed by atoms with Crippen LogP contribution in [0.4, 0.5) is 5.69 Å². The van der Waals surface area contributed by atoms with Gasteiger partial charge in [0.05, 0.1) is 5.56 Å². The molecule has 0 saturated heterocycles. The topological polar surface area (TPSA) is 99.4 Å². The lowest BCUT2D eigenvalue weighted by Crippen LogP contribution is -2.13. The Morgan fingerprint density at radius 2 is 1.63 bits per heavy atom. The normalized spacial score (nSPS) is 10.7. The van der Waals surface area contributed by atoms with Crippen LogP contribution in [0.2, 0.25) is 0 Å². The molecule has 3 aromatic carbocycles. The standard InChI is InChI=1S/C24H18N2O4/c25-15-20(23(27)26-21-7-2-1-3-8-21)14-19-6-4-5-9-22(19)30-16-17-10-12-18(13-11-17)24(28)29/h1-14H,16H2,(H,26,27)(H,28,29). The number of para-hydroxylation sites is 2. The molecule has 0 spiro atoms. The number of ether oxygens (including phenoxy) is 1. The number of carbonyl (C=O) groups excluding carboxylic acids is 1. The van der Waals surface area contributed by atoms with Crippen molar-refractivity contribution < 1.29 is 19.4 Å². The van der Waals surface area contributed by atoms with Gasteiger partial charge in [0.15, 0.2) is 0 Å². The molecule has 0 fully saturated rings. The Labute approximate surface area is 173 Å². The third kappa shape index (κ3) is 5.33. The third-order valence-corrected chi connectivity index (χ3v) is 4.21. The first-order chi connectivity index (χ1) is 14.6. The summed E-state index contributed by atoms with van der Waals surface area (Å²) in [5, 5.41) is 21.1. The molecule has 6 heteroatoms. The summed E-state index contributed by atoms with van der Waals surface area (Å²) in [4.78, 5) is 23.4. The van der Waals surface area contributed by atoms with Crippen LogP contribution >= 0.6 is 0 Å². The van der Waals surface area contributed by atoms with Gasteiger partial charge in [-0.05, 0) is 42.0 Å². The Morgan fingerprint density at radius 3 is 2.30 bits per heavy atom. The van der Waals surface area contributed by atoms with E-state index in [0.29, 0.717) is 17.0 Å². The van der Waals surface area contributed by atoms with E-state index in [1.807, 2.05) is 12.1 Å². The second-order valence-electron chi connectivity index (χ2n) is 6.32. The number of benzene rings is 3. The molecule has 1 amide bonds. The molecule has 2 N–H and O–H groups in total. The molecule has 0 radical (unpaired) electrons. The number of aromatic carboxylic acids is 1. The molecule has 0 aliphatic heterocycles. The second-order valence-corrected chi connectivity index (χ2v) is 6.32. The lowest BCUT2D eigenvalue weighted by Gasteiger charge is -2.10. The van der Waals surface area contributed by atoms with Crippen molar-refractivity contribution in [2.75, 3.05) is 5.32 Å². The summed E-state index contributed by atoms with van der Waals surface area (Å²) in [6.07, 6.45) is 1.47. The van der Waals surface area contributed by atoms with Crippen molar-refractivity contribution in [2.24, 2.45) is 0 Å². The molecule has 6 nitrogen and oxygen atoms in total. The minimum Gasteiger partial charge on any atom is -0.488 e. The number of nitriles is 1. The number of amides is 1. The van der Waals surface area contributed by atoms with Crippen molar-refractivity contribution in [3.63, 3.8) is 0 Å². The van der Waals surface area contributed by atoms with Crippen LogP contribution < -0.4 is 10.1 Å². The number of rotatable bonds is 7. The van der Waals surface area contributed by atoms with E-state index in [1.54, 1.807) is 60.7 Å². The van der Waals surface area contributed by atoms with E-state index in [9.17, 15) is 14.9 Å². The maximum atomic E-state index is 12.4. The highest BCUT2D eigenvalue weighted by atomic mass is 16.5. The minimum absolute atomic E-state index is 0.0549. The van der Waals surface area contributed by atoms with Crippen LogP contribution in [0, 0.1) is 11.3 Å². The number of carboxylic acids is 1. The highest BCUT2D eigenvalue weighted by Crippen LogP contribution is 2.23. The van der Waals surface area contributed by atoms with Crippen molar-refractivity contribution in [2.45, 2.75) is 6.61 Å². The smallest absolute Gasteiger partial charge is 0.335 e. The SMILES string of the molecule is N#CC(=Cc1ccccc1OCc1ccc(C(=O)O)cc1)C(=O)Nc1ccccc1. The minimum atomic E-state index is -0.990. The van der Waals surface area contributed by atoms with Crippen LogP contribution in [-0.4, -0.2) is 17.0 Å². The van der Waals surface area contributed by atoms with E-state index in [-0.39, 0.29) is 17.7 Å². The van der Waals surface area contributed by atoms with E-state index < -0.39 is 11.9 Å². The van der Waals surface area contributed by atoms with Crippen LogP contribution in [0.25, 0.3) is 6.08 Å².